The van der Waals surface area contributed by atoms with Crippen LogP contribution in [0.2, 0.25) is 0 Å². The van der Waals surface area contributed by atoms with Crippen LogP contribution in [0, 0.1) is 0 Å². The second-order valence-corrected chi connectivity index (χ2v) is 4.37. The third-order valence-electron chi connectivity index (χ3n) is 1.89. The summed E-state index contributed by atoms with van der Waals surface area (Å²) < 4.78 is 5.01. The highest BCUT2D eigenvalue weighted by molar-refractivity contribution is 8.00. The molecular weight excluding hydrogens is 198 g/mol. The van der Waals surface area contributed by atoms with E-state index in [4.69, 9.17) is 10.5 Å². The van der Waals surface area contributed by atoms with Gasteiger partial charge in [0.2, 0.25) is 5.88 Å². The lowest BCUT2D eigenvalue weighted by Gasteiger charge is -2.10. The third kappa shape index (κ3) is 2.51. The molecule has 0 aliphatic heterocycles. The number of anilines is 1. The smallest absolute Gasteiger partial charge is 0.241 e. The molecule has 0 spiro atoms. The maximum atomic E-state index is 5.83. The Kier molecular flexibility index (Phi) is 4.00. The van der Waals surface area contributed by atoms with Gasteiger partial charge in [0.05, 0.1) is 7.11 Å². The maximum Gasteiger partial charge on any atom is 0.241 e. The number of thioether (sulfide) groups is 1. The fourth-order valence-electron chi connectivity index (χ4n) is 0.895. The van der Waals surface area contributed by atoms with E-state index in [2.05, 4.69) is 23.8 Å². The van der Waals surface area contributed by atoms with Gasteiger partial charge in [-0.05, 0) is 6.42 Å². The summed E-state index contributed by atoms with van der Waals surface area (Å²) in [6.45, 7) is 4.27. The van der Waals surface area contributed by atoms with Crippen molar-refractivity contribution in [2.24, 2.45) is 0 Å². The molecule has 1 aromatic heterocycles. The summed E-state index contributed by atoms with van der Waals surface area (Å²) in [7, 11) is 1.55. The van der Waals surface area contributed by atoms with Crippen molar-refractivity contribution in [1.82, 2.24) is 9.97 Å². The Morgan fingerprint density at radius 3 is 2.86 bits per heavy atom. The average molecular weight is 213 g/mol. The Hall–Kier alpha value is -0.970. The molecule has 0 aliphatic rings. The zero-order chi connectivity index (χ0) is 10.6. The molecule has 0 radical (unpaired) electrons. The third-order valence-corrected chi connectivity index (χ3v) is 3.18. The highest BCUT2D eigenvalue weighted by Crippen LogP contribution is 2.31. The summed E-state index contributed by atoms with van der Waals surface area (Å²) in [6.07, 6.45) is 2.55. The zero-order valence-corrected chi connectivity index (χ0v) is 9.47. The van der Waals surface area contributed by atoms with Gasteiger partial charge in [-0.3, -0.25) is 0 Å². The molecule has 0 aromatic carbocycles. The van der Waals surface area contributed by atoms with Crippen molar-refractivity contribution in [2.75, 3.05) is 12.8 Å². The van der Waals surface area contributed by atoms with E-state index in [0.29, 0.717) is 16.8 Å². The van der Waals surface area contributed by atoms with Crippen LogP contribution in [0.3, 0.4) is 0 Å². The molecule has 0 bridgehead atoms. The Labute approximate surface area is 88.3 Å². The number of nitrogens with zero attached hydrogens (tertiary/aromatic N) is 2. The van der Waals surface area contributed by atoms with Crippen LogP contribution in [0.1, 0.15) is 20.3 Å². The minimum absolute atomic E-state index is 0.450. The van der Waals surface area contributed by atoms with E-state index >= 15 is 0 Å². The molecule has 1 heterocycles. The van der Waals surface area contributed by atoms with Crippen LogP contribution in [-0.2, 0) is 0 Å². The van der Waals surface area contributed by atoms with Crippen LogP contribution in [0.25, 0.3) is 0 Å². The van der Waals surface area contributed by atoms with Crippen molar-refractivity contribution in [3.63, 3.8) is 0 Å². The van der Waals surface area contributed by atoms with Gasteiger partial charge in [0, 0.05) is 5.25 Å². The van der Waals surface area contributed by atoms with Crippen molar-refractivity contribution in [2.45, 2.75) is 30.5 Å². The maximum absolute atomic E-state index is 5.83. The van der Waals surface area contributed by atoms with Gasteiger partial charge in [-0.2, -0.15) is 4.98 Å². The number of hydrogen-bond acceptors (Lipinski definition) is 5. The zero-order valence-electron chi connectivity index (χ0n) is 8.65. The molecule has 14 heavy (non-hydrogen) atoms. The van der Waals surface area contributed by atoms with E-state index in [0.717, 1.165) is 11.4 Å². The predicted octanol–water partition coefficient (Wildman–Crippen LogP) is 1.96. The van der Waals surface area contributed by atoms with E-state index in [9.17, 15) is 0 Å². The van der Waals surface area contributed by atoms with Gasteiger partial charge in [0.1, 0.15) is 17.0 Å². The highest BCUT2D eigenvalue weighted by Gasteiger charge is 2.11. The van der Waals surface area contributed by atoms with Crippen LogP contribution < -0.4 is 10.5 Å². The number of nitrogen functional groups attached to an aromatic ring is 1. The van der Waals surface area contributed by atoms with Gasteiger partial charge >= 0.3 is 0 Å². The van der Waals surface area contributed by atoms with Crippen molar-refractivity contribution in [1.29, 1.82) is 0 Å². The van der Waals surface area contributed by atoms with Gasteiger partial charge in [0.25, 0.3) is 0 Å². The number of nitrogens with two attached hydrogens (primary N) is 1. The minimum Gasteiger partial charge on any atom is -0.479 e. The number of hydrogen-bond donors (Lipinski definition) is 1. The summed E-state index contributed by atoms with van der Waals surface area (Å²) in [5.41, 5.74) is 6.35. The topological polar surface area (TPSA) is 61.0 Å². The van der Waals surface area contributed by atoms with Gasteiger partial charge < -0.3 is 10.5 Å². The molecule has 0 fully saturated rings. The standard InChI is InChI=1S/C9H15N3OS/c1-4-6(2)14-9-7(10)8(13-3)11-5-12-9/h5-6H,4,10H2,1-3H3. The summed E-state index contributed by atoms with van der Waals surface area (Å²) in [4.78, 5) is 8.04. The molecule has 1 aromatic rings. The first-order valence-electron chi connectivity index (χ1n) is 4.50. The van der Waals surface area contributed by atoms with E-state index in [1.54, 1.807) is 18.9 Å². The summed E-state index contributed by atoms with van der Waals surface area (Å²) in [5, 5.41) is 1.29. The molecule has 5 heteroatoms. The molecular formula is C9H15N3OS. The summed E-state index contributed by atoms with van der Waals surface area (Å²) >= 11 is 1.64. The van der Waals surface area contributed by atoms with Crippen LogP contribution in [0.4, 0.5) is 5.69 Å². The Morgan fingerprint density at radius 2 is 2.29 bits per heavy atom. The van der Waals surface area contributed by atoms with E-state index < -0.39 is 0 Å². The minimum atomic E-state index is 0.450. The van der Waals surface area contributed by atoms with E-state index in [1.807, 2.05) is 0 Å². The van der Waals surface area contributed by atoms with Crippen molar-refractivity contribution in [3.8, 4) is 5.88 Å². The average Bonchev–Trinajstić information content (AvgIpc) is 2.21. The lowest BCUT2D eigenvalue weighted by molar-refractivity contribution is 0.397. The molecule has 1 rings (SSSR count). The SMILES string of the molecule is CCC(C)Sc1ncnc(OC)c1N. The predicted molar refractivity (Wildman–Crippen MR) is 58.6 cm³/mol. The van der Waals surface area contributed by atoms with Gasteiger partial charge in [-0.15, -0.1) is 11.8 Å². The van der Waals surface area contributed by atoms with E-state index in [1.165, 1.54) is 6.33 Å². The molecule has 4 nitrogen and oxygen atoms in total. The van der Waals surface area contributed by atoms with Crippen LogP contribution in [0.15, 0.2) is 11.4 Å². The van der Waals surface area contributed by atoms with Gasteiger partial charge in [-0.25, -0.2) is 4.98 Å². The molecule has 0 aliphatic carbocycles. The quantitative estimate of drug-likeness (QED) is 0.612. The number of rotatable bonds is 4. The highest BCUT2D eigenvalue weighted by atomic mass is 32.2. The molecule has 2 N–H and O–H groups in total. The molecule has 0 saturated heterocycles. The van der Waals surface area contributed by atoms with Crippen LogP contribution in [-0.4, -0.2) is 22.3 Å². The molecule has 1 atom stereocenters. The number of ether oxygens (including phenoxy) is 1. The van der Waals surface area contributed by atoms with E-state index in [-0.39, 0.29) is 0 Å². The van der Waals surface area contributed by atoms with Crippen molar-refractivity contribution < 1.29 is 4.74 Å². The summed E-state index contributed by atoms with van der Waals surface area (Å²) in [6, 6.07) is 0. The lowest BCUT2D eigenvalue weighted by Crippen LogP contribution is -2.01. The largest absolute Gasteiger partial charge is 0.479 e. The molecule has 0 amide bonds. The first kappa shape index (κ1) is 11.1. The van der Waals surface area contributed by atoms with Crippen LogP contribution in [0.5, 0.6) is 5.88 Å². The number of methoxy groups -OCH3 is 1. The molecule has 0 saturated carbocycles. The normalized spacial score (nSPS) is 12.5. The van der Waals surface area contributed by atoms with Crippen molar-refractivity contribution in [3.05, 3.63) is 6.33 Å². The molecule has 78 valence electrons. The first-order valence-corrected chi connectivity index (χ1v) is 5.38. The number of aromatic nitrogens is 2. The monoisotopic (exact) mass is 213 g/mol. The second-order valence-electron chi connectivity index (χ2n) is 2.94. The first-order chi connectivity index (χ1) is 6.69. The van der Waals surface area contributed by atoms with Crippen molar-refractivity contribution >= 4 is 17.4 Å². The fraction of sp³-hybridized carbons (Fsp3) is 0.556. The lowest BCUT2D eigenvalue weighted by atomic mass is 10.4. The second kappa shape index (κ2) is 5.05. The summed E-state index contributed by atoms with van der Waals surface area (Å²) in [5.74, 6) is 0.450. The molecule has 1 unspecified atom stereocenters. The van der Waals surface area contributed by atoms with Gasteiger partial charge in [0.15, 0.2) is 0 Å². The fourth-order valence-corrected chi connectivity index (χ4v) is 1.76. The van der Waals surface area contributed by atoms with Gasteiger partial charge in [-0.1, -0.05) is 13.8 Å². The Balaban J connectivity index is 2.86. The Bertz CT molecular complexity index is 306. The Morgan fingerprint density at radius 1 is 1.57 bits per heavy atom. The van der Waals surface area contributed by atoms with Crippen LogP contribution >= 0.6 is 11.8 Å².